The molecule has 32 heavy (non-hydrogen) atoms. The van der Waals surface area contributed by atoms with Crippen molar-refractivity contribution >= 4 is 12.1 Å². The number of rotatable bonds is 20. The number of carbonyl (C=O) groups excluding carboxylic acids is 2. The highest BCUT2D eigenvalue weighted by atomic mass is 16.6. The lowest BCUT2D eigenvalue weighted by Crippen LogP contribution is -2.39. The third kappa shape index (κ3) is 15.3. The third-order valence-corrected chi connectivity index (χ3v) is 6.19. The summed E-state index contributed by atoms with van der Waals surface area (Å²) in [4.78, 5) is 26.4. The van der Waals surface area contributed by atoms with Crippen LogP contribution in [0.25, 0.3) is 0 Å². The van der Waals surface area contributed by atoms with Crippen molar-refractivity contribution in [2.24, 2.45) is 11.8 Å². The van der Waals surface area contributed by atoms with E-state index in [4.69, 9.17) is 9.47 Å². The van der Waals surface area contributed by atoms with Gasteiger partial charge in [-0.2, -0.15) is 0 Å². The van der Waals surface area contributed by atoms with Crippen molar-refractivity contribution in [3.8, 4) is 0 Å². The van der Waals surface area contributed by atoms with E-state index >= 15 is 0 Å². The molecule has 2 unspecified atom stereocenters. The molecule has 0 aromatic heterocycles. The lowest BCUT2D eigenvalue weighted by Gasteiger charge is -2.30. The predicted molar refractivity (Wildman–Crippen MR) is 134 cm³/mol. The number of hydrogen-bond acceptors (Lipinski definition) is 4. The van der Waals surface area contributed by atoms with Crippen molar-refractivity contribution in [1.29, 1.82) is 0 Å². The second kappa shape index (κ2) is 20.1. The number of amides is 1. The standard InChI is InChI=1S/C27H51NO4/c1-7-11-13-15-17-24(9-3)21-28(22-25(10-4)18-16-14-12-8-2)27(30)32-20-19-31-26(29)23(5)6/h24-25H,5,7-22H2,1-4,6H3. The summed E-state index contributed by atoms with van der Waals surface area (Å²) in [5.74, 6) is 0.547. The van der Waals surface area contributed by atoms with Crippen LogP contribution in [0.4, 0.5) is 4.79 Å². The van der Waals surface area contributed by atoms with Crippen LogP contribution in [-0.2, 0) is 14.3 Å². The lowest BCUT2D eigenvalue weighted by molar-refractivity contribution is -0.140. The molecule has 0 spiro atoms. The van der Waals surface area contributed by atoms with Crippen LogP contribution in [0.3, 0.4) is 0 Å². The van der Waals surface area contributed by atoms with Gasteiger partial charge in [0.25, 0.3) is 0 Å². The van der Waals surface area contributed by atoms with E-state index in [0.29, 0.717) is 17.4 Å². The van der Waals surface area contributed by atoms with Crippen LogP contribution < -0.4 is 0 Å². The third-order valence-electron chi connectivity index (χ3n) is 6.19. The van der Waals surface area contributed by atoms with Gasteiger partial charge in [-0.1, -0.05) is 98.5 Å². The van der Waals surface area contributed by atoms with Crippen molar-refractivity contribution in [2.45, 2.75) is 112 Å². The predicted octanol–water partition coefficient (Wildman–Crippen LogP) is 7.54. The van der Waals surface area contributed by atoms with Gasteiger partial charge in [-0.25, -0.2) is 9.59 Å². The first-order valence-corrected chi connectivity index (χ1v) is 13.1. The molecule has 0 aromatic rings. The average molecular weight is 454 g/mol. The van der Waals surface area contributed by atoms with E-state index in [1.807, 2.05) is 4.90 Å². The van der Waals surface area contributed by atoms with Gasteiger partial charge in [-0.15, -0.1) is 0 Å². The van der Waals surface area contributed by atoms with E-state index in [1.54, 1.807) is 6.92 Å². The highest BCUT2D eigenvalue weighted by Crippen LogP contribution is 2.20. The molecule has 0 heterocycles. The van der Waals surface area contributed by atoms with Crippen LogP contribution in [0.1, 0.15) is 112 Å². The molecule has 0 aromatic carbocycles. The molecule has 0 radical (unpaired) electrons. The molecule has 5 nitrogen and oxygen atoms in total. The Kier molecular flexibility index (Phi) is 19.2. The topological polar surface area (TPSA) is 55.8 Å². The molecule has 0 aliphatic rings. The maximum atomic E-state index is 12.9. The van der Waals surface area contributed by atoms with E-state index in [2.05, 4.69) is 34.3 Å². The number of esters is 1. The second-order valence-electron chi connectivity index (χ2n) is 9.18. The average Bonchev–Trinajstić information content (AvgIpc) is 2.79. The molecule has 0 N–H and O–H groups in total. The van der Waals surface area contributed by atoms with Crippen LogP contribution in [0.2, 0.25) is 0 Å². The van der Waals surface area contributed by atoms with E-state index in [-0.39, 0.29) is 19.3 Å². The molecule has 0 saturated carbocycles. The van der Waals surface area contributed by atoms with Gasteiger partial charge in [0.2, 0.25) is 0 Å². The molecule has 0 rings (SSSR count). The summed E-state index contributed by atoms with van der Waals surface area (Å²) >= 11 is 0. The van der Waals surface area contributed by atoms with Gasteiger partial charge in [0.15, 0.2) is 0 Å². The first kappa shape index (κ1) is 30.5. The minimum atomic E-state index is -0.450. The molecular formula is C27H51NO4. The Morgan fingerprint density at radius 1 is 0.750 bits per heavy atom. The molecule has 188 valence electrons. The van der Waals surface area contributed by atoms with Crippen LogP contribution in [0.15, 0.2) is 12.2 Å². The Morgan fingerprint density at radius 3 is 1.62 bits per heavy atom. The minimum Gasteiger partial charge on any atom is -0.459 e. The number of ether oxygens (including phenoxy) is 2. The normalized spacial score (nSPS) is 12.8. The molecule has 2 atom stereocenters. The van der Waals surface area contributed by atoms with Crippen LogP contribution in [0, 0.1) is 11.8 Å². The van der Waals surface area contributed by atoms with Crippen molar-refractivity contribution in [2.75, 3.05) is 26.3 Å². The van der Waals surface area contributed by atoms with Crippen LogP contribution in [-0.4, -0.2) is 43.3 Å². The van der Waals surface area contributed by atoms with Gasteiger partial charge in [0.05, 0.1) is 0 Å². The van der Waals surface area contributed by atoms with Gasteiger partial charge in [-0.05, 0) is 31.6 Å². The maximum absolute atomic E-state index is 12.9. The summed E-state index contributed by atoms with van der Waals surface area (Å²) in [5, 5.41) is 0. The van der Waals surface area contributed by atoms with Crippen molar-refractivity contribution < 1.29 is 19.1 Å². The molecule has 5 heteroatoms. The van der Waals surface area contributed by atoms with Gasteiger partial charge in [0, 0.05) is 18.7 Å². The largest absolute Gasteiger partial charge is 0.459 e. The molecule has 1 amide bonds. The van der Waals surface area contributed by atoms with Crippen molar-refractivity contribution in [3.05, 3.63) is 12.2 Å². The monoisotopic (exact) mass is 453 g/mol. The fourth-order valence-corrected chi connectivity index (χ4v) is 3.89. The molecule has 0 saturated heterocycles. The Hall–Kier alpha value is -1.52. The number of hydrogen-bond donors (Lipinski definition) is 0. The zero-order valence-corrected chi connectivity index (χ0v) is 21.8. The summed E-state index contributed by atoms with van der Waals surface area (Å²) in [5.41, 5.74) is 0.348. The summed E-state index contributed by atoms with van der Waals surface area (Å²) in [6, 6.07) is 0. The van der Waals surface area contributed by atoms with E-state index in [0.717, 1.165) is 38.8 Å². The van der Waals surface area contributed by atoms with E-state index in [9.17, 15) is 9.59 Å². The molecule has 0 bridgehead atoms. The molecule has 0 aliphatic carbocycles. The van der Waals surface area contributed by atoms with Crippen molar-refractivity contribution in [3.63, 3.8) is 0 Å². The summed E-state index contributed by atoms with van der Waals surface area (Å²) < 4.78 is 10.5. The van der Waals surface area contributed by atoms with Gasteiger partial charge in [0.1, 0.15) is 13.2 Å². The Balaban J connectivity index is 4.87. The summed E-state index contributed by atoms with van der Waals surface area (Å²) in [7, 11) is 0. The number of nitrogens with zero attached hydrogens (tertiary/aromatic N) is 1. The van der Waals surface area contributed by atoms with Gasteiger partial charge in [-0.3, -0.25) is 0 Å². The fourth-order valence-electron chi connectivity index (χ4n) is 3.89. The van der Waals surface area contributed by atoms with E-state index < -0.39 is 5.97 Å². The fraction of sp³-hybridized carbons (Fsp3) is 0.852. The summed E-state index contributed by atoms with van der Waals surface area (Å²) in [6.07, 6.45) is 14.2. The Morgan fingerprint density at radius 2 is 1.22 bits per heavy atom. The van der Waals surface area contributed by atoms with E-state index in [1.165, 1.54) is 51.4 Å². The molecule has 0 fully saturated rings. The number of unbranched alkanes of at least 4 members (excludes halogenated alkanes) is 6. The quantitative estimate of drug-likeness (QED) is 0.109. The smallest absolute Gasteiger partial charge is 0.409 e. The first-order chi connectivity index (χ1) is 15.4. The van der Waals surface area contributed by atoms with Crippen molar-refractivity contribution in [1.82, 2.24) is 4.90 Å². The molecule has 0 aliphatic heterocycles. The summed E-state index contributed by atoms with van der Waals surface area (Å²) in [6.45, 7) is 15.7. The number of carbonyl (C=O) groups is 2. The SMILES string of the molecule is C=C(C)C(=O)OCCOC(=O)N(CC(CC)CCCCCC)CC(CC)CCCCCC. The Bertz CT molecular complexity index is 484. The maximum Gasteiger partial charge on any atom is 0.409 e. The van der Waals surface area contributed by atoms with Gasteiger partial charge >= 0.3 is 12.1 Å². The minimum absolute atomic E-state index is 0.0632. The molecular weight excluding hydrogens is 402 g/mol. The lowest BCUT2D eigenvalue weighted by atomic mass is 9.95. The second-order valence-corrected chi connectivity index (χ2v) is 9.18. The Labute approximate surface area is 198 Å². The van der Waals surface area contributed by atoms with Crippen LogP contribution >= 0.6 is 0 Å². The first-order valence-electron chi connectivity index (χ1n) is 13.1. The highest BCUT2D eigenvalue weighted by molar-refractivity contribution is 5.86. The van der Waals surface area contributed by atoms with Gasteiger partial charge < -0.3 is 14.4 Å². The van der Waals surface area contributed by atoms with Crippen LogP contribution in [0.5, 0.6) is 0 Å². The highest BCUT2D eigenvalue weighted by Gasteiger charge is 2.22. The zero-order valence-electron chi connectivity index (χ0n) is 21.8. The zero-order chi connectivity index (χ0) is 24.2.